The van der Waals surface area contributed by atoms with Gasteiger partial charge in [0.1, 0.15) is 11.4 Å². The van der Waals surface area contributed by atoms with Crippen LogP contribution in [0.4, 0.5) is 11.4 Å². The van der Waals surface area contributed by atoms with Crippen molar-refractivity contribution in [3.63, 3.8) is 0 Å². The van der Waals surface area contributed by atoms with Gasteiger partial charge in [-0.05, 0) is 31.4 Å². The fourth-order valence-electron chi connectivity index (χ4n) is 3.04. The van der Waals surface area contributed by atoms with Gasteiger partial charge in [0.25, 0.3) is 5.84 Å². The summed E-state index contributed by atoms with van der Waals surface area (Å²) < 4.78 is 2.40. The van der Waals surface area contributed by atoms with E-state index in [1.807, 2.05) is 0 Å². The monoisotopic (exact) mass is 239 g/mol. The van der Waals surface area contributed by atoms with Crippen molar-refractivity contribution < 1.29 is 4.58 Å². The quantitative estimate of drug-likeness (QED) is 0.723. The summed E-state index contributed by atoms with van der Waals surface area (Å²) in [5, 5.41) is 2.71. The van der Waals surface area contributed by atoms with Crippen molar-refractivity contribution >= 4 is 28.0 Å². The molecule has 2 heteroatoms. The normalized spacial score (nSPS) is 14.5. The average molecular weight is 239 g/mol. The van der Waals surface area contributed by atoms with Crippen LogP contribution < -0.4 is 4.90 Å². The average Bonchev–Trinajstić information content (AvgIpc) is 2.40. The van der Waals surface area contributed by atoms with Gasteiger partial charge in [0, 0.05) is 6.92 Å². The molecule has 0 unspecified atom stereocenters. The molecule has 0 amide bonds. The molecule has 0 N–H and O–H groups in total. The zero-order valence-corrected chi connectivity index (χ0v) is 11.3. The minimum Gasteiger partial charge on any atom is -0.231 e. The van der Waals surface area contributed by atoms with Crippen LogP contribution in [0.1, 0.15) is 20.8 Å². The van der Waals surface area contributed by atoms with Crippen molar-refractivity contribution in [2.45, 2.75) is 20.8 Å². The van der Waals surface area contributed by atoms with Crippen LogP contribution in [0.3, 0.4) is 0 Å². The maximum Gasteiger partial charge on any atom is 0.253 e. The Bertz CT molecular complexity index is 635. The van der Waals surface area contributed by atoms with E-state index in [-0.39, 0.29) is 0 Å². The van der Waals surface area contributed by atoms with Gasteiger partial charge in [-0.3, -0.25) is 0 Å². The van der Waals surface area contributed by atoms with Crippen LogP contribution in [0.15, 0.2) is 36.4 Å². The summed E-state index contributed by atoms with van der Waals surface area (Å²) in [5.74, 6) is 1.33. The molecule has 2 aromatic rings. The smallest absolute Gasteiger partial charge is 0.231 e. The van der Waals surface area contributed by atoms with Crippen molar-refractivity contribution in [3.8, 4) is 0 Å². The second-order valence-corrected chi connectivity index (χ2v) is 4.69. The van der Waals surface area contributed by atoms with Crippen molar-refractivity contribution in [2.75, 3.05) is 18.0 Å². The molecule has 0 saturated carbocycles. The van der Waals surface area contributed by atoms with Crippen LogP contribution in [-0.4, -0.2) is 23.5 Å². The van der Waals surface area contributed by atoms with Crippen LogP contribution in [0.5, 0.6) is 0 Å². The fraction of sp³-hybridized carbons (Fsp3) is 0.312. The molecule has 0 atom stereocenters. The molecule has 92 valence electrons. The predicted molar refractivity (Wildman–Crippen MR) is 78.1 cm³/mol. The summed E-state index contributed by atoms with van der Waals surface area (Å²) >= 11 is 0. The molecular weight excluding hydrogens is 220 g/mol. The molecule has 1 aliphatic heterocycles. The van der Waals surface area contributed by atoms with E-state index < -0.39 is 0 Å². The van der Waals surface area contributed by atoms with Crippen molar-refractivity contribution in [1.29, 1.82) is 0 Å². The molecule has 0 bridgehead atoms. The lowest BCUT2D eigenvalue weighted by atomic mass is 10.0. The standard InChI is InChI=1S/C16H19N2/c1-4-17-12(3)18(5-2)15-11-7-9-13-8-6-10-14(17)16(13)15/h6-11H,4-5H2,1-3H3/q+1. The van der Waals surface area contributed by atoms with Gasteiger partial charge in [0.05, 0.1) is 18.5 Å². The maximum atomic E-state index is 2.40. The predicted octanol–water partition coefficient (Wildman–Crippen LogP) is 3.76. The van der Waals surface area contributed by atoms with Gasteiger partial charge in [-0.15, -0.1) is 0 Å². The minimum atomic E-state index is 1.01. The molecule has 18 heavy (non-hydrogen) atoms. The van der Waals surface area contributed by atoms with Crippen LogP contribution in [0.2, 0.25) is 0 Å². The Labute approximate surface area is 108 Å². The molecule has 0 aromatic heterocycles. The summed E-state index contributed by atoms with van der Waals surface area (Å²) in [7, 11) is 0. The SMILES string of the molecule is CCN1C(C)=[N+](CC)c2cccc3cccc1c23. The van der Waals surface area contributed by atoms with E-state index in [0.29, 0.717) is 0 Å². The van der Waals surface area contributed by atoms with Crippen molar-refractivity contribution in [3.05, 3.63) is 36.4 Å². The highest BCUT2D eigenvalue weighted by Crippen LogP contribution is 2.37. The molecule has 0 spiro atoms. The van der Waals surface area contributed by atoms with Crippen molar-refractivity contribution in [2.24, 2.45) is 0 Å². The molecule has 0 radical (unpaired) electrons. The number of anilines is 1. The largest absolute Gasteiger partial charge is 0.253 e. The molecular formula is C16H19N2+. The molecule has 0 saturated heterocycles. The van der Waals surface area contributed by atoms with Crippen LogP contribution >= 0.6 is 0 Å². The number of nitrogens with zero attached hydrogens (tertiary/aromatic N) is 2. The van der Waals surface area contributed by atoms with Gasteiger partial charge >= 0.3 is 0 Å². The van der Waals surface area contributed by atoms with Gasteiger partial charge in [0.2, 0.25) is 0 Å². The fourth-order valence-corrected chi connectivity index (χ4v) is 3.04. The van der Waals surface area contributed by atoms with Gasteiger partial charge < -0.3 is 0 Å². The summed E-state index contributed by atoms with van der Waals surface area (Å²) in [6.07, 6.45) is 0. The Morgan fingerprint density at radius 1 is 1.06 bits per heavy atom. The van der Waals surface area contributed by atoms with Crippen LogP contribution in [0, 0.1) is 0 Å². The lowest BCUT2D eigenvalue weighted by Crippen LogP contribution is -2.37. The Hall–Kier alpha value is -1.83. The van der Waals surface area contributed by atoms with Gasteiger partial charge in [-0.2, -0.15) is 0 Å². The summed E-state index contributed by atoms with van der Waals surface area (Å²) in [5.41, 5.74) is 2.68. The third kappa shape index (κ3) is 1.38. The summed E-state index contributed by atoms with van der Waals surface area (Å²) in [4.78, 5) is 2.40. The number of benzene rings is 2. The number of rotatable bonds is 2. The van der Waals surface area contributed by atoms with E-state index in [4.69, 9.17) is 0 Å². The lowest BCUT2D eigenvalue weighted by Gasteiger charge is -2.25. The van der Waals surface area contributed by atoms with Crippen LogP contribution in [0.25, 0.3) is 10.8 Å². The zero-order chi connectivity index (χ0) is 12.7. The molecule has 0 aliphatic carbocycles. The molecule has 3 rings (SSSR count). The number of amidine groups is 1. The Morgan fingerprint density at radius 2 is 1.78 bits per heavy atom. The summed E-state index contributed by atoms with van der Waals surface area (Å²) in [6.45, 7) is 8.65. The number of hydrogen-bond acceptors (Lipinski definition) is 1. The highest BCUT2D eigenvalue weighted by atomic mass is 15.3. The Balaban J connectivity index is 2.43. The lowest BCUT2D eigenvalue weighted by molar-refractivity contribution is -0.436. The van der Waals surface area contributed by atoms with E-state index >= 15 is 0 Å². The van der Waals surface area contributed by atoms with E-state index in [2.05, 4.69) is 66.6 Å². The second-order valence-electron chi connectivity index (χ2n) is 4.69. The van der Waals surface area contributed by atoms with E-state index in [1.165, 1.54) is 28.0 Å². The maximum absolute atomic E-state index is 2.40. The van der Waals surface area contributed by atoms with Crippen LogP contribution in [-0.2, 0) is 0 Å². The first kappa shape index (κ1) is 11.3. The zero-order valence-electron chi connectivity index (χ0n) is 11.3. The van der Waals surface area contributed by atoms with Gasteiger partial charge in [-0.1, -0.05) is 24.3 Å². The minimum absolute atomic E-state index is 1.01. The van der Waals surface area contributed by atoms with Crippen molar-refractivity contribution in [1.82, 2.24) is 0 Å². The molecule has 0 fully saturated rings. The highest BCUT2D eigenvalue weighted by molar-refractivity contribution is 6.10. The Kier molecular flexibility index (Phi) is 2.58. The first-order chi connectivity index (χ1) is 8.77. The second kappa shape index (κ2) is 4.13. The van der Waals surface area contributed by atoms with Gasteiger partial charge in [0.15, 0.2) is 0 Å². The number of hydrogen-bond donors (Lipinski definition) is 0. The van der Waals surface area contributed by atoms with E-state index in [0.717, 1.165) is 13.1 Å². The Morgan fingerprint density at radius 3 is 2.44 bits per heavy atom. The molecule has 2 aromatic carbocycles. The summed E-state index contributed by atoms with van der Waals surface area (Å²) in [6, 6.07) is 13.2. The molecule has 2 nitrogen and oxygen atoms in total. The third-order valence-electron chi connectivity index (χ3n) is 3.86. The first-order valence-electron chi connectivity index (χ1n) is 6.68. The van der Waals surface area contributed by atoms with E-state index in [9.17, 15) is 0 Å². The van der Waals surface area contributed by atoms with Gasteiger partial charge in [-0.25, -0.2) is 9.48 Å². The highest BCUT2D eigenvalue weighted by Gasteiger charge is 2.29. The first-order valence-corrected chi connectivity index (χ1v) is 6.68. The third-order valence-corrected chi connectivity index (χ3v) is 3.86. The van der Waals surface area contributed by atoms with E-state index in [1.54, 1.807) is 0 Å². The topological polar surface area (TPSA) is 6.25 Å². The molecule has 1 heterocycles. The molecule has 1 aliphatic rings.